The second-order valence-electron chi connectivity index (χ2n) is 7.04. The lowest BCUT2D eigenvalue weighted by molar-refractivity contribution is 0.0598. The van der Waals surface area contributed by atoms with Crippen molar-refractivity contribution < 1.29 is 0 Å². The van der Waals surface area contributed by atoms with Crippen LogP contribution in [0.3, 0.4) is 0 Å². The van der Waals surface area contributed by atoms with E-state index in [-0.39, 0.29) is 0 Å². The van der Waals surface area contributed by atoms with Crippen LogP contribution in [0.25, 0.3) is 0 Å². The summed E-state index contributed by atoms with van der Waals surface area (Å²) >= 11 is 0. The zero-order valence-corrected chi connectivity index (χ0v) is 13.1. The lowest BCUT2D eigenvalue weighted by atomic mass is 9.84. The highest BCUT2D eigenvalue weighted by molar-refractivity contribution is 4.86. The highest BCUT2D eigenvalue weighted by atomic mass is 15.2. The van der Waals surface area contributed by atoms with Crippen LogP contribution in [0.15, 0.2) is 0 Å². The number of nitrogens with two attached hydrogens (primary N) is 1. The van der Waals surface area contributed by atoms with Crippen molar-refractivity contribution in [1.82, 2.24) is 9.80 Å². The third-order valence-electron chi connectivity index (χ3n) is 5.36. The Hall–Kier alpha value is -0.120. The van der Waals surface area contributed by atoms with Gasteiger partial charge in [0.25, 0.3) is 0 Å². The summed E-state index contributed by atoms with van der Waals surface area (Å²) in [5, 5.41) is 0. The maximum Gasteiger partial charge on any atom is 0.0244 e. The number of piperidine rings is 2. The van der Waals surface area contributed by atoms with E-state index in [1.165, 1.54) is 51.7 Å². The van der Waals surface area contributed by atoms with Crippen LogP contribution in [0.1, 0.15) is 46.0 Å². The first-order chi connectivity index (χ1) is 9.11. The average molecular weight is 267 g/mol. The average Bonchev–Trinajstić information content (AvgIpc) is 2.37. The topological polar surface area (TPSA) is 32.5 Å². The molecule has 3 nitrogen and oxygen atoms in total. The van der Waals surface area contributed by atoms with Crippen molar-refractivity contribution in [3.05, 3.63) is 0 Å². The molecular weight excluding hydrogens is 234 g/mol. The number of hydrogen-bond acceptors (Lipinski definition) is 3. The maximum atomic E-state index is 6.01. The van der Waals surface area contributed by atoms with E-state index in [9.17, 15) is 0 Å². The second-order valence-corrected chi connectivity index (χ2v) is 7.04. The van der Waals surface area contributed by atoms with Crippen LogP contribution >= 0.6 is 0 Å². The normalized spacial score (nSPS) is 38.5. The van der Waals surface area contributed by atoms with Gasteiger partial charge in [-0.15, -0.1) is 0 Å². The van der Waals surface area contributed by atoms with Crippen LogP contribution in [0.2, 0.25) is 0 Å². The Morgan fingerprint density at radius 1 is 1.21 bits per heavy atom. The van der Waals surface area contributed by atoms with Gasteiger partial charge in [0.2, 0.25) is 0 Å². The van der Waals surface area contributed by atoms with E-state index in [0.717, 1.165) is 24.4 Å². The smallest absolute Gasteiger partial charge is 0.0244 e. The molecule has 2 N–H and O–H groups in total. The second kappa shape index (κ2) is 7.05. The molecule has 2 saturated heterocycles. The highest BCUT2D eigenvalue weighted by Gasteiger charge is 2.31. The minimum atomic E-state index is 0.616. The third kappa shape index (κ3) is 3.93. The Morgan fingerprint density at radius 3 is 2.68 bits per heavy atom. The van der Waals surface area contributed by atoms with Gasteiger partial charge in [-0.3, -0.25) is 4.90 Å². The fourth-order valence-electron chi connectivity index (χ4n) is 4.22. The highest BCUT2D eigenvalue weighted by Crippen LogP contribution is 2.27. The quantitative estimate of drug-likeness (QED) is 0.847. The van der Waals surface area contributed by atoms with Gasteiger partial charge in [0, 0.05) is 25.2 Å². The molecule has 112 valence electrons. The third-order valence-corrected chi connectivity index (χ3v) is 5.36. The van der Waals surface area contributed by atoms with E-state index >= 15 is 0 Å². The Bertz CT molecular complexity index is 269. The molecule has 4 unspecified atom stereocenters. The van der Waals surface area contributed by atoms with Gasteiger partial charge in [0.05, 0.1) is 0 Å². The van der Waals surface area contributed by atoms with Gasteiger partial charge in [0.1, 0.15) is 0 Å². The maximum absolute atomic E-state index is 6.01. The van der Waals surface area contributed by atoms with E-state index in [0.29, 0.717) is 6.04 Å². The molecule has 0 aliphatic carbocycles. The molecule has 0 bridgehead atoms. The molecule has 3 heteroatoms. The van der Waals surface area contributed by atoms with E-state index in [1.807, 2.05) is 0 Å². The van der Waals surface area contributed by atoms with Gasteiger partial charge in [-0.2, -0.15) is 0 Å². The predicted molar refractivity (Wildman–Crippen MR) is 82.2 cm³/mol. The monoisotopic (exact) mass is 267 g/mol. The molecule has 0 aromatic heterocycles. The molecular formula is C16H33N3. The zero-order chi connectivity index (χ0) is 13.8. The molecule has 0 radical (unpaired) electrons. The summed E-state index contributed by atoms with van der Waals surface area (Å²) in [6.07, 6.45) is 6.87. The first-order valence-corrected chi connectivity index (χ1v) is 8.26. The summed E-state index contributed by atoms with van der Waals surface area (Å²) < 4.78 is 0. The molecule has 0 aromatic rings. The van der Waals surface area contributed by atoms with Crippen molar-refractivity contribution in [1.29, 1.82) is 0 Å². The van der Waals surface area contributed by atoms with Gasteiger partial charge >= 0.3 is 0 Å². The van der Waals surface area contributed by atoms with Gasteiger partial charge < -0.3 is 10.6 Å². The molecule has 4 atom stereocenters. The molecule has 2 aliphatic rings. The Labute approximate surface area is 119 Å². The molecule has 2 fully saturated rings. The SMILES string of the molecule is CC1CC(C)C(CN)N(CCC2CCCCN2C)C1. The summed E-state index contributed by atoms with van der Waals surface area (Å²) in [4.78, 5) is 5.25. The predicted octanol–water partition coefficient (Wildman–Crippen LogP) is 2.17. The standard InChI is InChI=1S/C16H33N3/c1-13-10-14(2)16(11-17)19(12-13)9-7-15-6-4-5-8-18(15)3/h13-16H,4-12,17H2,1-3H3. The van der Waals surface area contributed by atoms with Gasteiger partial charge in [0.15, 0.2) is 0 Å². The van der Waals surface area contributed by atoms with E-state index in [2.05, 4.69) is 30.7 Å². The van der Waals surface area contributed by atoms with E-state index in [1.54, 1.807) is 0 Å². The van der Waals surface area contributed by atoms with E-state index in [4.69, 9.17) is 5.73 Å². The van der Waals surface area contributed by atoms with Crippen LogP contribution in [-0.2, 0) is 0 Å². The Kier molecular flexibility index (Phi) is 5.67. The van der Waals surface area contributed by atoms with Crippen molar-refractivity contribution in [2.75, 3.05) is 33.2 Å². The van der Waals surface area contributed by atoms with Gasteiger partial charge in [-0.1, -0.05) is 20.3 Å². The minimum absolute atomic E-state index is 0.616. The Morgan fingerprint density at radius 2 is 2.00 bits per heavy atom. The van der Waals surface area contributed by atoms with E-state index < -0.39 is 0 Å². The summed E-state index contributed by atoms with van der Waals surface area (Å²) in [6, 6.07) is 1.42. The van der Waals surface area contributed by atoms with Crippen LogP contribution in [0.5, 0.6) is 0 Å². The van der Waals surface area contributed by atoms with Gasteiger partial charge in [-0.05, 0) is 57.7 Å². The summed E-state index contributed by atoms with van der Waals surface area (Å²) in [5.41, 5.74) is 6.01. The van der Waals surface area contributed by atoms with Crippen molar-refractivity contribution in [2.45, 2.75) is 58.0 Å². The number of likely N-dealkylation sites (tertiary alicyclic amines) is 2. The minimum Gasteiger partial charge on any atom is -0.329 e. The first kappa shape index (κ1) is 15.3. The molecule has 0 amide bonds. The van der Waals surface area contributed by atoms with Crippen molar-refractivity contribution in [2.24, 2.45) is 17.6 Å². The molecule has 2 rings (SSSR count). The molecule has 19 heavy (non-hydrogen) atoms. The van der Waals surface area contributed by atoms with Crippen LogP contribution < -0.4 is 5.73 Å². The molecule has 0 spiro atoms. The van der Waals surface area contributed by atoms with Crippen molar-refractivity contribution in [3.8, 4) is 0 Å². The lowest BCUT2D eigenvalue weighted by Gasteiger charge is -2.43. The number of hydrogen-bond donors (Lipinski definition) is 1. The zero-order valence-electron chi connectivity index (χ0n) is 13.1. The summed E-state index contributed by atoms with van der Waals surface area (Å²) in [7, 11) is 2.30. The summed E-state index contributed by atoms with van der Waals surface area (Å²) in [5.74, 6) is 1.60. The summed E-state index contributed by atoms with van der Waals surface area (Å²) in [6.45, 7) is 9.39. The molecule has 2 heterocycles. The molecule has 0 saturated carbocycles. The van der Waals surface area contributed by atoms with Crippen LogP contribution in [0, 0.1) is 11.8 Å². The van der Waals surface area contributed by atoms with Crippen LogP contribution in [0.4, 0.5) is 0 Å². The fraction of sp³-hybridized carbons (Fsp3) is 1.00. The van der Waals surface area contributed by atoms with Crippen molar-refractivity contribution in [3.63, 3.8) is 0 Å². The van der Waals surface area contributed by atoms with Crippen LogP contribution in [-0.4, -0.2) is 55.1 Å². The van der Waals surface area contributed by atoms with Crippen molar-refractivity contribution >= 4 is 0 Å². The number of nitrogens with zero attached hydrogens (tertiary/aromatic N) is 2. The Balaban J connectivity index is 1.85. The first-order valence-electron chi connectivity index (χ1n) is 8.26. The largest absolute Gasteiger partial charge is 0.329 e. The number of rotatable bonds is 4. The van der Waals surface area contributed by atoms with Gasteiger partial charge in [-0.25, -0.2) is 0 Å². The fourth-order valence-corrected chi connectivity index (χ4v) is 4.22. The molecule has 2 aliphatic heterocycles. The molecule has 0 aromatic carbocycles. The lowest BCUT2D eigenvalue weighted by Crippen LogP contribution is -2.52.